The van der Waals surface area contributed by atoms with Crippen LogP contribution in [-0.2, 0) is 4.79 Å². The van der Waals surface area contributed by atoms with Gasteiger partial charge < -0.3 is 14.7 Å². The molecule has 1 aromatic heterocycles. The van der Waals surface area contributed by atoms with E-state index in [0.29, 0.717) is 12.3 Å². The second-order valence-electron chi connectivity index (χ2n) is 6.01. The van der Waals surface area contributed by atoms with Crippen LogP contribution in [-0.4, -0.2) is 35.6 Å². The fraction of sp³-hybridized carbons (Fsp3) is 0.733. The van der Waals surface area contributed by atoms with E-state index < -0.39 is 0 Å². The molecule has 5 heteroatoms. The van der Waals surface area contributed by atoms with Gasteiger partial charge in [0.1, 0.15) is 0 Å². The summed E-state index contributed by atoms with van der Waals surface area (Å²) in [6.07, 6.45) is 4.97. The van der Waals surface area contributed by atoms with Crippen molar-refractivity contribution in [3.05, 3.63) is 17.5 Å². The van der Waals surface area contributed by atoms with E-state index in [9.17, 15) is 4.79 Å². The van der Waals surface area contributed by atoms with Crippen LogP contribution in [0.4, 0.5) is 0 Å². The molecule has 3 rings (SSSR count). The van der Waals surface area contributed by atoms with Crippen LogP contribution in [0.5, 0.6) is 0 Å². The Labute approximate surface area is 119 Å². The molecule has 1 aromatic rings. The molecule has 2 saturated heterocycles. The van der Waals surface area contributed by atoms with Crippen molar-refractivity contribution in [3.8, 4) is 0 Å². The molecule has 0 aromatic carbocycles. The zero-order valence-electron chi connectivity index (χ0n) is 12.1. The van der Waals surface area contributed by atoms with Crippen LogP contribution >= 0.6 is 0 Å². The number of amides is 1. The van der Waals surface area contributed by atoms with E-state index in [2.05, 4.69) is 10.5 Å². The van der Waals surface area contributed by atoms with Crippen LogP contribution in [0.1, 0.15) is 49.6 Å². The first-order valence-corrected chi connectivity index (χ1v) is 7.67. The first kappa shape index (κ1) is 13.6. The quantitative estimate of drug-likeness (QED) is 0.918. The molecular formula is C15H23N3O2. The first-order valence-electron chi connectivity index (χ1n) is 7.67. The van der Waals surface area contributed by atoms with Crippen molar-refractivity contribution in [2.45, 2.75) is 45.1 Å². The molecule has 5 nitrogen and oxygen atoms in total. The lowest BCUT2D eigenvalue weighted by molar-refractivity contribution is -0.133. The number of aromatic nitrogens is 1. The Balaban J connectivity index is 1.63. The molecule has 2 aliphatic heterocycles. The number of nitrogens with one attached hydrogen (secondary N) is 1. The normalized spacial score (nSPS) is 24.2. The first-order chi connectivity index (χ1) is 9.74. The highest BCUT2D eigenvalue weighted by Gasteiger charge is 2.33. The fourth-order valence-corrected chi connectivity index (χ4v) is 3.35. The van der Waals surface area contributed by atoms with Gasteiger partial charge in [-0.25, -0.2) is 0 Å². The topological polar surface area (TPSA) is 58.4 Å². The van der Waals surface area contributed by atoms with Gasteiger partial charge in [0.25, 0.3) is 0 Å². The molecular weight excluding hydrogens is 254 g/mol. The van der Waals surface area contributed by atoms with Crippen molar-refractivity contribution >= 4 is 5.91 Å². The summed E-state index contributed by atoms with van der Waals surface area (Å²) in [5.74, 6) is 1.67. The van der Waals surface area contributed by atoms with E-state index in [-0.39, 0.29) is 11.9 Å². The molecule has 110 valence electrons. The molecule has 20 heavy (non-hydrogen) atoms. The lowest BCUT2D eigenvalue weighted by Gasteiger charge is -2.27. The van der Waals surface area contributed by atoms with Gasteiger partial charge in [-0.1, -0.05) is 5.16 Å². The number of rotatable bonds is 3. The van der Waals surface area contributed by atoms with Crippen LogP contribution in [0.3, 0.4) is 0 Å². The van der Waals surface area contributed by atoms with Crippen molar-refractivity contribution in [2.24, 2.45) is 5.92 Å². The summed E-state index contributed by atoms with van der Waals surface area (Å²) >= 11 is 0. The number of hydrogen-bond acceptors (Lipinski definition) is 4. The molecule has 1 unspecified atom stereocenters. The maximum absolute atomic E-state index is 12.5. The standard InChI is InChI=1S/C15H23N3O2/c1-11-9-14(20-17-11)13-3-2-8-18(13)15(19)10-12-4-6-16-7-5-12/h9,12-13,16H,2-8,10H2,1H3. The van der Waals surface area contributed by atoms with Crippen molar-refractivity contribution in [1.29, 1.82) is 0 Å². The molecule has 1 atom stereocenters. The average molecular weight is 277 g/mol. The fourth-order valence-electron chi connectivity index (χ4n) is 3.35. The molecule has 2 fully saturated rings. The van der Waals surface area contributed by atoms with Crippen LogP contribution in [0.15, 0.2) is 10.6 Å². The Kier molecular flexibility index (Phi) is 4.05. The van der Waals surface area contributed by atoms with Crippen molar-refractivity contribution in [1.82, 2.24) is 15.4 Å². The predicted octanol–water partition coefficient (Wildman–Crippen LogP) is 2.04. The number of likely N-dealkylation sites (tertiary alicyclic amines) is 1. The smallest absolute Gasteiger partial charge is 0.223 e. The van der Waals surface area contributed by atoms with Gasteiger partial charge in [-0.3, -0.25) is 4.79 Å². The molecule has 0 aliphatic carbocycles. The number of piperidine rings is 1. The number of nitrogens with zero attached hydrogens (tertiary/aromatic N) is 2. The van der Waals surface area contributed by atoms with Crippen LogP contribution in [0.25, 0.3) is 0 Å². The van der Waals surface area contributed by atoms with Crippen molar-refractivity contribution in [2.75, 3.05) is 19.6 Å². The minimum absolute atomic E-state index is 0.102. The van der Waals surface area contributed by atoms with E-state index in [4.69, 9.17) is 4.52 Å². The predicted molar refractivity (Wildman–Crippen MR) is 75.1 cm³/mol. The molecule has 0 spiro atoms. The summed E-state index contributed by atoms with van der Waals surface area (Å²) in [7, 11) is 0. The number of carbonyl (C=O) groups is 1. The van der Waals surface area contributed by atoms with E-state index in [1.54, 1.807) is 0 Å². The molecule has 0 bridgehead atoms. The Morgan fingerprint density at radius 2 is 2.25 bits per heavy atom. The van der Waals surface area contributed by atoms with E-state index >= 15 is 0 Å². The zero-order valence-corrected chi connectivity index (χ0v) is 12.1. The molecule has 0 radical (unpaired) electrons. The Morgan fingerprint density at radius 3 is 2.95 bits per heavy atom. The number of carbonyl (C=O) groups excluding carboxylic acids is 1. The van der Waals surface area contributed by atoms with Crippen LogP contribution < -0.4 is 5.32 Å². The van der Waals surface area contributed by atoms with Crippen LogP contribution in [0.2, 0.25) is 0 Å². The summed E-state index contributed by atoms with van der Waals surface area (Å²) in [5, 5.41) is 7.30. The molecule has 1 amide bonds. The highest BCUT2D eigenvalue weighted by atomic mass is 16.5. The third kappa shape index (κ3) is 2.87. The second-order valence-corrected chi connectivity index (χ2v) is 6.01. The molecule has 1 N–H and O–H groups in total. The van der Waals surface area contributed by atoms with Crippen LogP contribution in [0, 0.1) is 12.8 Å². The third-order valence-electron chi connectivity index (χ3n) is 4.47. The van der Waals surface area contributed by atoms with Gasteiger partial charge in [0, 0.05) is 19.0 Å². The summed E-state index contributed by atoms with van der Waals surface area (Å²) in [4.78, 5) is 14.5. The Bertz CT molecular complexity index is 465. The minimum Gasteiger partial charge on any atom is -0.359 e. The maximum atomic E-state index is 12.5. The summed E-state index contributed by atoms with van der Waals surface area (Å²) in [6, 6.07) is 2.06. The Morgan fingerprint density at radius 1 is 1.45 bits per heavy atom. The van der Waals surface area contributed by atoms with Gasteiger partial charge in [0.15, 0.2) is 5.76 Å². The molecule has 0 saturated carbocycles. The minimum atomic E-state index is 0.102. The maximum Gasteiger partial charge on any atom is 0.223 e. The van der Waals surface area contributed by atoms with Gasteiger partial charge in [-0.15, -0.1) is 0 Å². The number of hydrogen-bond donors (Lipinski definition) is 1. The monoisotopic (exact) mass is 277 g/mol. The van der Waals surface area contributed by atoms with Gasteiger partial charge in [-0.05, 0) is 51.6 Å². The van der Waals surface area contributed by atoms with Gasteiger partial charge in [-0.2, -0.15) is 0 Å². The highest BCUT2D eigenvalue weighted by molar-refractivity contribution is 5.77. The lowest BCUT2D eigenvalue weighted by Crippen LogP contribution is -2.35. The lowest BCUT2D eigenvalue weighted by atomic mass is 9.94. The van der Waals surface area contributed by atoms with Crippen molar-refractivity contribution in [3.63, 3.8) is 0 Å². The summed E-state index contributed by atoms with van der Waals surface area (Å²) in [5.41, 5.74) is 0.887. The van der Waals surface area contributed by atoms with Gasteiger partial charge in [0.05, 0.1) is 11.7 Å². The van der Waals surface area contributed by atoms with Crippen molar-refractivity contribution < 1.29 is 9.32 Å². The summed E-state index contributed by atoms with van der Waals surface area (Å²) in [6.45, 7) is 4.86. The SMILES string of the molecule is Cc1cc(C2CCCN2C(=O)CC2CCNCC2)on1. The average Bonchev–Trinajstić information content (AvgIpc) is 3.08. The summed E-state index contributed by atoms with van der Waals surface area (Å²) < 4.78 is 5.36. The van der Waals surface area contributed by atoms with E-state index in [1.807, 2.05) is 17.9 Å². The molecule has 3 heterocycles. The van der Waals surface area contributed by atoms with E-state index in [1.165, 1.54) is 0 Å². The Hall–Kier alpha value is -1.36. The highest BCUT2D eigenvalue weighted by Crippen LogP contribution is 2.33. The zero-order chi connectivity index (χ0) is 13.9. The number of aryl methyl sites for hydroxylation is 1. The van der Waals surface area contributed by atoms with Gasteiger partial charge >= 0.3 is 0 Å². The van der Waals surface area contributed by atoms with E-state index in [0.717, 1.165) is 56.8 Å². The van der Waals surface area contributed by atoms with Gasteiger partial charge in [0.2, 0.25) is 5.91 Å². The third-order valence-corrected chi connectivity index (χ3v) is 4.47. The largest absolute Gasteiger partial charge is 0.359 e. The molecule has 2 aliphatic rings. The second kappa shape index (κ2) is 5.95.